The van der Waals surface area contributed by atoms with E-state index in [4.69, 9.17) is 5.73 Å². The molecular formula is C38H78N8O5. The molecule has 0 radical (unpaired) electrons. The Bertz CT molecular complexity index is 980. The zero-order valence-electron chi connectivity index (χ0n) is 33.9. The van der Waals surface area contributed by atoms with Crippen molar-refractivity contribution in [3.05, 3.63) is 0 Å². The van der Waals surface area contributed by atoms with E-state index in [2.05, 4.69) is 106 Å². The molecule has 13 heteroatoms. The largest absolute Gasteiger partial charge is 0.480 e. The number of rotatable bonds is 29. The highest BCUT2D eigenvalue weighted by Gasteiger charge is 2.30. The van der Waals surface area contributed by atoms with Gasteiger partial charge in [0, 0.05) is 23.2 Å². The van der Waals surface area contributed by atoms with Crippen molar-refractivity contribution in [2.75, 3.05) is 26.2 Å². The molecule has 13 nitrogen and oxygen atoms in total. The van der Waals surface area contributed by atoms with Crippen molar-refractivity contribution >= 4 is 23.7 Å². The highest BCUT2D eigenvalue weighted by Crippen LogP contribution is 2.10. The molecule has 10 N–H and O–H groups in total. The third-order valence-electron chi connectivity index (χ3n) is 8.33. The second-order valence-electron chi connectivity index (χ2n) is 16.7. The first kappa shape index (κ1) is 48.7. The van der Waals surface area contributed by atoms with Gasteiger partial charge >= 0.3 is 5.97 Å². The van der Waals surface area contributed by atoms with Gasteiger partial charge in [-0.3, -0.25) is 14.4 Å². The first-order valence-corrected chi connectivity index (χ1v) is 19.6. The lowest BCUT2D eigenvalue weighted by atomic mass is 10.0. The van der Waals surface area contributed by atoms with E-state index in [1.807, 2.05) is 0 Å². The first-order chi connectivity index (χ1) is 23.7. The van der Waals surface area contributed by atoms with E-state index in [0.717, 1.165) is 58.3 Å². The normalized spacial score (nSPS) is 14.6. The van der Waals surface area contributed by atoms with Gasteiger partial charge in [-0.15, -0.1) is 0 Å². The summed E-state index contributed by atoms with van der Waals surface area (Å²) in [5.41, 5.74) is 6.17. The topological polar surface area (TPSA) is 199 Å². The summed E-state index contributed by atoms with van der Waals surface area (Å²) < 4.78 is 0. The SMILES string of the molecule is CC(C)NCCCCC(NC(=O)[C@@H](CCCCNC(C)(C)C)NC(=O)C(CCCCNC(C)(C)C)NC(=O)[C@@H](N)CCCCNC(C)C)C(=O)O. The Hall–Kier alpha value is -2.32. The van der Waals surface area contributed by atoms with E-state index in [1.165, 1.54) is 0 Å². The van der Waals surface area contributed by atoms with Crippen molar-refractivity contribution in [1.82, 2.24) is 37.2 Å². The van der Waals surface area contributed by atoms with Gasteiger partial charge in [-0.2, -0.15) is 0 Å². The summed E-state index contributed by atoms with van der Waals surface area (Å²) >= 11 is 0. The number of hydrogen-bond donors (Lipinski definition) is 9. The van der Waals surface area contributed by atoms with E-state index in [9.17, 15) is 24.3 Å². The molecule has 0 saturated carbocycles. The molecule has 0 aromatic carbocycles. The molecular weight excluding hydrogens is 648 g/mol. The van der Waals surface area contributed by atoms with Crippen LogP contribution in [0.15, 0.2) is 0 Å². The quantitative estimate of drug-likeness (QED) is 0.0516. The fourth-order valence-corrected chi connectivity index (χ4v) is 5.37. The van der Waals surface area contributed by atoms with Crippen molar-refractivity contribution in [3.8, 4) is 0 Å². The van der Waals surface area contributed by atoms with E-state index in [1.54, 1.807) is 0 Å². The molecule has 0 aliphatic carbocycles. The molecule has 51 heavy (non-hydrogen) atoms. The molecule has 0 aromatic rings. The van der Waals surface area contributed by atoms with Gasteiger partial charge in [0.1, 0.15) is 18.1 Å². The van der Waals surface area contributed by atoms with Gasteiger partial charge in [-0.1, -0.05) is 34.1 Å². The molecule has 0 heterocycles. The van der Waals surface area contributed by atoms with Crippen LogP contribution in [0, 0.1) is 0 Å². The average Bonchev–Trinajstić information content (AvgIpc) is 3.00. The monoisotopic (exact) mass is 727 g/mol. The number of carboxylic acids is 1. The van der Waals surface area contributed by atoms with E-state index < -0.39 is 47.9 Å². The minimum atomic E-state index is -1.11. The summed E-state index contributed by atoms with van der Waals surface area (Å²) in [5, 5.41) is 31.9. The maximum atomic E-state index is 13.8. The smallest absolute Gasteiger partial charge is 0.326 e. The molecule has 0 saturated heterocycles. The summed E-state index contributed by atoms with van der Waals surface area (Å²) in [5.74, 6) is -2.51. The fourth-order valence-electron chi connectivity index (χ4n) is 5.37. The molecule has 0 rings (SSSR count). The van der Waals surface area contributed by atoms with Crippen molar-refractivity contribution in [1.29, 1.82) is 0 Å². The van der Waals surface area contributed by atoms with Crippen LogP contribution in [-0.4, -0.2) is 102 Å². The molecule has 0 aliphatic rings. The number of hydrogen-bond acceptors (Lipinski definition) is 9. The van der Waals surface area contributed by atoms with E-state index >= 15 is 0 Å². The molecule has 4 atom stereocenters. The van der Waals surface area contributed by atoms with Gasteiger partial charge in [0.15, 0.2) is 0 Å². The Kier molecular flexibility index (Phi) is 25.2. The zero-order chi connectivity index (χ0) is 39.0. The van der Waals surface area contributed by atoms with Crippen LogP contribution in [0.25, 0.3) is 0 Å². The lowest BCUT2D eigenvalue weighted by Crippen LogP contribution is -2.57. The van der Waals surface area contributed by atoms with Crippen molar-refractivity contribution < 1.29 is 24.3 Å². The van der Waals surface area contributed by atoms with Crippen LogP contribution < -0.4 is 43.0 Å². The van der Waals surface area contributed by atoms with Crippen molar-refractivity contribution in [2.45, 2.75) is 194 Å². The number of nitrogens with one attached hydrogen (secondary N) is 7. The van der Waals surface area contributed by atoms with Crippen molar-refractivity contribution in [2.24, 2.45) is 5.73 Å². The molecule has 0 fully saturated rings. The van der Waals surface area contributed by atoms with Crippen LogP contribution in [0.5, 0.6) is 0 Å². The van der Waals surface area contributed by atoms with Gasteiger partial charge in [0.05, 0.1) is 6.04 Å². The Morgan fingerprint density at radius 3 is 1.22 bits per heavy atom. The number of aliphatic carboxylic acids is 1. The summed E-state index contributed by atoms with van der Waals surface area (Å²) in [6.45, 7) is 23.9. The van der Waals surface area contributed by atoms with E-state index in [0.29, 0.717) is 50.6 Å². The minimum Gasteiger partial charge on any atom is -0.480 e. The number of nitrogens with two attached hydrogens (primary N) is 1. The number of amides is 3. The second kappa shape index (κ2) is 26.4. The molecule has 3 amide bonds. The number of carboxylic acid groups (broad SMARTS) is 1. The van der Waals surface area contributed by atoms with E-state index in [-0.39, 0.29) is 17.5 Å². The Labute approximate surface area is 310 Å². The molecule has 0 spiro atoms. The number of unbranched alkanes of at least 4 members (excludes halogenated alkanes) is 4. The first-order valence-electron chi connectivity index (χ1n) is 19.6. The maximum Gasteiger partial charge on any atom is 0.326 e. The highest BCUT2D eigenvalue weighted by atomic mass is 16.4. The predicted molar refractivity (Wildman–Crippen MR) is 209 cm³/mol. The Morgan fingerprint density at radius 1 is 0.510 bits per heavy atom. The van der Waals surface area contributed by atoms with Crippen molar-refractivity contribution in [3.63, 3.8) is 0 Å². The van der Waals surface area contributed by atoms with Crippen LogP contribution in [0.3, 0.4) is 0 Å². The maximum absolute atomic E-state index is 13.8. The molecule has 2 unspecified atom stereocenters. The molecule has 0 bridgehead atoms. The van der Waals surface area contributed by atoms with Gasteiger partial charge in [0.25, 0.3) is 0 Å². The van der Waals surface area contributed by atoms with Gasteiger partial charge in [-0.25, -0.2) is 4.79 Å². The lowest BCUT2D eigenvalue weighted by molar-refractivity contribution is -0.142. The van der Waals surface area contributed by atoms with Gasteiger partial charge < -0.3 is 48.1 Å². The standard InChI is InChI=1S/C38H78N8O5/c1-27(2)40-23-15-11-19-29(39)33(47)44-30(20-13-17-25-42-37(5,6)7)34(48)45-31(21-14-18-26-43-38(8,9)10)35(49)46-32(36(50)51)22-12-16-24-41-28(3)4/h27-32,40-43H,11-26,39H2,1-10H3,(H,44,47)(H,45,48)(H,46,49)(H,50,51)/t29-,30?,31+,32?/m0/s1. The van der Waals surface area contributed by atoms with Gasteiger partial charge in [-0.05, 0) is 138 Å². The second-order valence-corrected chi connectivity index (χ2v) is 16.7. The van der Waals surface area contributed by atoms with Crippen LogP contribution in [0.4, 0.5) is 0 Å². The predicted octanol–water partition coefficient (Wildman–Crippen LogP) is 3.31. The Balaban J connectivity index is 5.76. The lowest BCUT2D eigenvalue weighted by Gasteiger charge is -2.26. The van der Waals surface area contributed by atoms with Gasteiger partial charge in [0.2, 0.25) is 17.7 Å². The average molecular weight is 727 g/mol. The van der Waals surface area contributed by atoms with Crippen LogP contribution in [-0.2, 0) is 19.2 Å². The summed E-state index contributed by atoms with van der Waals surface area (Å²) in [6, 6.07) is -2.95. The number of carbonyl (C=O) groups excluding carboxylic acids is 3. The number of carbonyl (C=O) groups is 4. The minimum absolute atomic E-state index is 0.0375. The summed E-state index contributed by atoms with van der Waals surface area (Å²) in [4.78, 5) is 52.8. The zero-order valence-corrected chi connectivity index (χ0v) is 33.9. The molecule has 300 valence electrons. The summed E-state index contributed by atoms with van der Waals surface area (Å²) in [7, 11) is 0. The fraction of sp³-hybridized carbons (Fsp3) is 0.895. The highest BCUT2D eigenvalue weighted by molar-refractivity contribution is 5.94. The third kappa shape index (κ3) is 27.9. The Morgan fingerprint density at radius 2 is 0.843 bits per heavy atom. The van der Waals surface area contributed by atoms with Crippen LogP contribution >= 0.6 is 0 Å². The molecule has 0 aromatic heterocycles. The van der Waals surface area contributed by atoms with Crippen LogP contribution in [0.2, 0.25) is 0 Å². The molecule has 0 aliphatic heterocycles. The third-order valence-corrected chi connectivity index (χ3v) is 8.33. The summed E-state index contributed by atoms with van der Waals surface area (Å²) in [6.07, 6.45) is 7.40. The van der Waals surface area contributed by atoms with Crippen LogP contribution in [0.1, 0.15) is 146 Å².